The van der Waals surface area contributed by atoms with Crippen molar-refractivity contribution in [2.75, 3.05) is 0 Å². The Morgan fingerprint density at radius 1 is 1.12 bits per heavy atom. The fraction of sp³-hybridized carbons (Fsp3) is 0. The molecule has 1 rings (SSSR count). The first-order valence-electron chi connectivity index (χ1n) is 3.42. The van der Waals surface area contributed by atoms with Gasteiger partial charge in [0.05, 0.1) is 5.56 Å². The van der Waals surface area contributed by atoms with Gasteiger partial charge in [0.15, 0.2) is 0 Å². The Morgan fingerprint density at radius 2 is 1.50 bits per heavy atom. The van der Waals surface area contributed by atoms with E-state index in [1.807, 2.05) is 0 Å². The number of para-hydroxylation sites is 1. The van der Waals surface area contributed by atoms with E-state index in [-0.39, 0.29) is 81.0 Å². The zero-order valence-electron chi connectivity index (χ0n) is 8.29. The van der Waals surface area contributed by atoms with Crippen LogP contribution in [0.2, 0.25) is 0 Å². The van der Waals surface area contributed by atoms with E-state index in [2.05, 4.69) is 0 Å². The fourth-order valence-electron chi connectivity index (χ4n) is 0.643. The molecule has 0 radical (unpaired) electrons. The number of carbonyl (C=O) groups is 1. The van der Waals surface area contributed by atoms with Gasteiger partial charge in [-0.15, -0.1) is 0 Å². The van der Waals surface area contributed by atoms with E-state index in [1.54, 1.807) is 0 Å². The van der Waals surface area contributed by atoms with Crippen LogP contribution in [0.15, 0.2) is 24.3 Å². The molecule has 0 aliphatic carbocycles. The van der Waals surface area contributed by atoms with Crippen molar-refractivity contribution < 1.29 is 30.1 Å². The summed E-state index contributed by atoms with van der Waals surface area (Å²) >= 11 is 0. The van der Waals surface area contributed by atoms with Crippen LogP contribution in [0.3, 0.4) is 0 Å². The summed E-state index contributed by atoms with van der Waals surface area (Å²) < 4.78 is 0. The molecule has 0 bridgehead atoms. The Hall–Kier alpha value is 0.954. The maximum atomic E-state index is 10.7. The molecule has 16 heavy (non-hydrogen) atoms. The second-order valence-corrected chi connectivity index (χ2v) is 2.09. The average molecular weight is 276 g/mol. The van der Waals surface area contributed by atoms with Gasteiger partial charge >= 0.3 is 81.4 Å². The summed E-state index contributed by atoms with van der Waals surface area (Å²) in [4.78, 5) is 10.2. The van der Waals surface area contributed by atoms with Gasteiger partial charge in [-0.05, 0) is 6.07 Å². The molecule has 9 heteroatoms. The van der Waals surface area contributed by atoms with Gasteiger partial charge in [-0.2, -0.15) is 0 Å². The van der Waals surface area contributed by atoms with Crippen LogP contribution in [-0.2, 0) is 0 Å². The van der Waals surface area contributed by atoms with Crippen LogP contribution in [0.4, 0.5) is 0 Å². The number of carboxylic acid groups (broad SMARTS) is 1. The van der Waals surface area contributed by atoms with Gasteiger partial charge in [0.2, 0.25) is 0 Å². The Balaban J connectivity index is -0.000000249. The third kappa shape index (κ3) is 11.4. The van der Waals surface area contributed by atoms with E-state index < -0.39 is 19.0 Å². The van der Waals surface area contributed by atoms with Crippen molar-refractivity contribution in [3.63, 3.8) is 0 Å². The average Bonchev–Trinajstić information content (AvgIpc) is 2.03. The van der Waals surface area contributed by atoms with E-state index in [0.717, 1.165) is 0 Å². The first-order chi connectivity index (χ1) is 6.45. The summed E-state index contributed by atoms with van der Waals surface area (Å²) in [6, 6.07) is 5.54. The Kier molecular flexibility index (Phi) is 17.2. The maximum absolute atomic E-state index is 10.7. The van der Waals surface area contributed by atoms with Crippen molar-refractivity contribution in [3.05, 3.63) is 29.8 Å². The summed E-state index contributed by atoms with van der Waals surface area (Å²) in [6.07, 6.45) is 0. The van der Waals surface area contributed by atoms with Crippen LogP contribution in [0.25, 0.3) is 0 Å². The van der Waals surface area contributed by atoms with Gasteiger partial charge in [0.1, 0.15) is 0 Å². The minimum absolute atomic E-state index is 0. The van der Waals surface area contributed by atoms with Gasteiger partial charge in [-0.1, -0.05) is 23.9 Å². The minimum Gasteiger partial charge on any atom is -0.907 e. The molecule has 0 aliphatic rings. The third-order valence-corrected chi connectivity index (χ3v) is 1.12. The fourth-order valence-corrected chi connectivity index (χ4v) is 0.643. The molecule has 6 nitrogen and oxygen atoms in total. The second-order valence-electron chi connectivity index (χ2n) is 2.09. The van der Waals surface area contributed by atoms with E-state index in [4.69, 9.17) is 20.2 Å². The molecule has 0 unspecified atom stereocenters. The van der Waals surface area contributed by atoms with Crippen molar-refractivity contribution in [2.45, 2.75) is 0 Å². The molecule has 76 valence electrons. The molecule has 0 aliphatic heterocycles. The Morgan fingerprint density at radius 3 is 1.75 bits per heavy atom. The van der Waals surface area contributed by atoms with Gasteiger partial charge in [-0.25, -0.2) is 4.79 Å². The summed E-state index contributed by atoms with van der Waals surface area (Å²) in [5.74, 6) is -1.62. The van der Waals surface area contributed by atoms with Crippen LogP contribution in [0.5, 0.6) is 5.75 Å². The predicted molar refractivity (Wildman–Crippen MR) is 50.1 cm³/mol. The summed E-state index contributed by atoms with van der Waals surface area (Å²) in [6.45, 7) is 0. The van der Waals surface area contributed by atoms with Gasteiger partial charge in [-0.3, -0.25) is 7.32 Å². The monoisotopic (exact) mass is 276 g/mol. The Labute approximate surface area is 152 Å². The smallest absolute Gasteiger partial charge is 0.907 e. The number of hydrogen-bond acceptors (Lipinski definition) is 5. The van der Waals surface area contributed by atoms with Crippen molar-refractivity contribution in [1.82, 2.24) is 0 Å². The molecular formula is C7H5BCa2O6. The standard InChI is InChI=1S/C7H6O3.BO3.2Ca/c8-6-4-2-1-3-5(6)7(9)10;2-1(3)4;;/h1-4,8H,(H,9,10);;;/q;-3;2*+2/p-1. The minimum atomic E-state index is -2.92. The van der Waals surface area contributed by atoms with E-state index in [0.29, 0.717) is 0 Å². The van der Waals surface area contributed by atoms with Crippen LogP contribution < -0.4 is 20.2 Å². The number of carboxylic acids is 1. The van der Waals surface area contributed by atoms with Crippen LogP contribution in [-0.4, -0.2) is 93.9 Å². The first-order valence-corrected chi connectivity index (χ1v) is 3.42. The topological polar surface area (TPSA) is 130 Å². The quantitative estimate of drug-likeness (QED) is 0.517. The largest absolute Gasteiger partial charge is 2.00 e. The molecule has 0 spiro atoms. The molecule has 1 N–H and O–H groups in total. The van der Waals surface area contributed by atoms with Crippen molar-refractivity contribution in [1.29, 1.82) is 0 Å². The molecule has 1 aromatic carbocycles. The van der Waals surface area contributed by atoms with Crippen molar-refractivity contribution >= 4 is 88.8 Å². The zero-order valence-corrected chi connectivity index (χ0v) is 12.7. The molecule has 0 heterocycles. The molecule has 1 aromatic rings. The van der Waals surface area contributed by atoms with Crippen molar-refractivity contribution in [2.24, 2.45) is 0 Å². The molecule has 0 atom stereocenters. The van der Waals surface area contributed by atoms with Gasteiger partial charge < -0.3 is 25.3 Å². The molecule has 0 aromatic heterocycles. The summed E-state index contributed by atoms with van der Waals surface area (Å²) in [5, 5.41) is 44.3. The predicted octanol–water partition coefficient (Wildman–Crippen LogP) is -4.25. The first kappa shape index (κ1) is 22.2. The van der Waals surface area contributed by atoms with Gasteiger partial charge in [0, 0.05) is 0 Å². The maximum Gasteiger partial charge on any atom is 2.00 e. The molecule has 0 amide bonds. The third-order valence-electron chi connectivity index (χ3n) is 1.12. The normalized spacial score (nSPS) is 7.44. The number of rotatable bonds is 1. The summed E-state index contributed by atoms with van der Waals surface area (Å²) in [7, 11) is -2.92. The van der Waals surface area contributed by atoms with Crippen LogP contribution >= 0.6 is 0 Å². The number of benzene rings is 1. The molecule has 0 fully saturated rings. The van der Waals surface area contributed by atoms with Gasteiger partial charge in [0.25, 0.3) is 0 Å². The van der Waals surface area contributed by atoms with E-state index in [9.17, 15) is 9.90 Å². The van der Waals surface area contributed by atoms with Crippen LogP contribution in [0, 0.1) is 0 Å². The van der Waals surface area contributed by atoms with E-state index in [1.165, 1.54) is 24.3 Å². The SMILES string of the molecule is O=C(O)c1ccccc1[O-].[Ca+2].[Ca+2].[O-]B([O-])[O-]. The summed E-state index contributed by atoms with van der Waals surface area (Å²) in [5.41, 5.74) is -0.178. The van der Waals surface area contributed by atoms with Crippen molar-refractivity contribution in [3.8, 4) is 5.75 Å². The Bertz CT molecular complexity index is 306. The molecule has 0 saturated heterocycles. The zero-order chi connectivity index (χ0) is 11.1. The molecular weight excluding hydrogens is 271 g/mol. The second kappa shape index (κ2) is 12.4. The number of aromatic carboxylic acids is 1. The number of hydrogen-bond donors (Lipinski definition) is 1. The van der Waals surface area contributed by atoms with Crippen LogP contribution in [0.1, 0.15) is 10.4 Å². The molecule has 0 saturated carbocycles. The van der Waals surface area contributed by atoms with E-state index >= 15 is 0 Å².